The molecule has 5 heteroatoms. The molecule has 2 aliphatic carbocycles. The number of rotatable bonds is 0. The largest absolute Gasteiger partial charge is 0.393 e. The first kappa shape index (κ1) is 11.1. The molecule has 0 bridgehead atoms. The molecule has 4 aliphatic rings. The third-order valence-electron chi connectivity index (χ3n) is 5.32. The molecule has 0 atom stereocenters. The Morgan fingerprint density at radius 2 is 1.17 bits per heavy atom. The third-order valence-corrected chi connectivity index (χ3v) is 5.32. The summed E-state index contributed by atoms with van der Waals surface area (Å²) in [5, 5.41) is 18.7. The van der Waals surface area contributed by atoms with Gasteiger partial charge in [0.25, 0.3) is 0 Å². The van der Waals surface area contributed by atoms with E-state index in [-0.39, 0.29) is 29.1 Å². The van der Waals surface area contributed by atoms with Crippen molar-refractivity contribution < 1.29 is 15.0 Å². The highest BCUT2D eigenvalue weighted by Gasteiger charge is 2.57. The van der Waals surface area contributed by atoms with Gasteiger partial charge in [-0.05, 0) is 25.7 Å². The van der Waals surface area contributed by atoms with Crippen molar-refractivity contribution >= 4 is 6.03 Å². The molecule has 2 aliphatic heterocycles. The summed E-state index contributed by atoms with van der Waals surface area (Å²) in [5.74, 6) is 0. The molecule has 2 spiro atoms. The summed E-state index contributed by atoms with van der Waals surface area (Å²) in [6, 6.07) is 0.161. The van der Waals surface area contributed by atoms with Gasteiger partial charge in [0.15, 0.2) is 0 Å². The molecule has 0 aromatic rings. The fourth-order valence-corrected chi connectivity index (χ4v) is 4.39. The monoisotopic (exact) mass is 252 g/mol. The van der Waals surface area contributed by atoms with E-state index in [0.29, 0.717) is 0 Å². The molecule has 4 fully saturated rings. The van der Waals surface area contributed by atoms with Crippen LogP contribution in [0, 0.1) is 10.8 Å². The first-order valence-electron chi connectivity index (χ1n) is 6.89. The maximum Gasteiger partial charge on any atom is 0.320 e. The van der Waals surface area contributed by atoms with Crippen LogP contribution in [0.2, 0.25) is 0 Å². The van der Waals surface area contributed by atoms with Gasteiger partial charge < -0.3 is 20.0 Å². The molecular formula is C13H20N2O3. The molecule has 2 N–H and O–H groups in total. The van der Waals surface area contributed by atoms with E-state index in [1.807, 2.05) is 9.80 Å². The topological polar surface area (TPSA) is 64.0 Å². The van der Waals surface area contributed by atoms with Gasteiger partial charge >= 0.3 is 6.03 Å². The first-order valence-corrected chi connectivity index (χ1v) is 6.89. The lowest BCUT2D eigenvalue weighted by molar-refractivity contribution is -0.137. The van der Waals surface area contributed by atoms with E-state index in [1.54, 1.807) is 0 Å². The minimum Gasteiger partial charge on any atom is -0.393 e. The standard InChI is InChI=1S/C13H20N2O3/c16-9-1-12(2-9)5-14(6-12)11(18)15-7-13(8-15)3-10(17)4-13/h9-10,16-17H,1-8H2. The molecule has 2 saturated heterocycles. The average molecular weight is 252 g/mol. The maximum atomic E-state index is 12.2. The van der Waals surface area contributed by atoms with E-state index in [9.17, 15) is 15.0 Å². The molecule has 18 heavy (non-hydrogen) atoms. The number of hydrogen-bond acceptors (Lipinski definition) is 3. The summed E-state index contributed by atoms with van der Waals surface area (Å²) < 4.78 is 0. The zero-order valence-corrected chi connectivity index (χ0v) is 10.5. The van der Waals surface area contributed by atoms with Crippen LogP contribution < -0.4 is 0 Å². The molecule has 4 rings (SSSR count). The lowest BCUT2D eigenvalue weighted by atomic mass is 9.61. The van der Waals surface area contributed by atoms with Crippen LogP contribution >= 0.6 is 0 Å². The highest BCUT2D eigenvalue weighted by molar-refractivity contribution is 5.77. The summed E-state index contributed by atoms with van der Waals surface area (Å²) in [6.45, 7) is 3.31. The van der Waals surface area contributed by atoms with Crippen molar-refractivity contribution in [1.29, 1.82) is 0 Å². The van der Waals surface area contributed by atoms with Gasteiger partial charge in [-0.2, -0.15) is 0 Å². The Hall–Kier alpha value is -0.810. The van der Waals surface area contributed by atoms with Crippen molar-refractivity contribution in [3.05, 3.63) is 0 Å². The van der Waals surface area contributed by atoms with E-state index in [1.165, 1.54) is 0 Å². The number of urea groups is 1. The first-order chi connectivity index (χ1) is 8.49. The van der Waals surface area contributed by atoms with Crippen LogP contribution in [0.15, 0.2) is 0 Å². The number of nitrogens with zero attached hydrogens (tertiary/aromatic N) is 2. The SMILES string of the molecule is O=C(N1CC2(CC(O)C2)C1)N1CC2(CC(O)C2)C1. The van der Waals surface area contributed by atoms with Crippen LogP contribution in [-0.4, -0.2) is 64.4 Å². The van der Waals surface area contributed by atoms with Gasteiger partial charge in [-0.1, -0.05) is 0 Å². The van der Waals surface area contributed by atoms with Crippen LogP contribution in [0.25, 0.3) is 0 Å². The Kier molecular flexibility index (Phi) is 1.96. The number of hydrogen-bond donors (Lipinski definition) is 2. The number of carbonyl (C=O) groups is 1. The Bertz CT molecular complexity index is 347. The van der Waals surface area contributed by atoms with E-state index in [2.05, 4.69) is 0 Å². The van der Waals surface area contributed by atoms with Crippen molar-refractivity contribution in [2.45, 2.75) is 37.9 Å². The molecule has 0 aromatic heterocycles. The predicted molar refractivity (Wildman–Crippen MR) is 63.9 cm³/mol. The average Bonchev–Trinajstić information content (AvgIpc) is 2.11. The summed E-state index contributed by atoms with van der Waals surface area (Å²) in [4.78, 5) is 16.0. The van der Waals surface area contributed by atoms with E-state index < -0.39 is 0 Å². The minimum atomic E-state index is -0.133. The molecule has 5 nitrogen and oxygen atoms in total. The van der Waals surface area contributed by atoms with Crippen molar-refractivity contribution in [2.75, 3.05) is 26.2 Å². The van der Waals surface area contributed by atoms with Crippen molar-refractivity contribution in [3.8, 4) is 0 Å². The lowest BCUT2D eigenvalue weighted by Crippen LogP contribution is -2.71. The molecular weight excluding hydrogens is 232 g/mol. The molecule has 2 saturated carbocycles. The third kappa shape index (κ3) is 1.37. The zero-order chi connectivity index (χ0) is 12.5. The Morgan fingerprint density at radius 3 is 1.44 bits per heavy atom. The number of aliphatic hydroxyl groups is 2. The predicted octanol–water partition coefficient (Wildman–Crippen LogP) is 0.0198. The second kappa shape index (κ2) is 3.20. The van der Waals surface area contributed by atoms with Crippen molar-refractivity contribution in [1.82, 2.24) is 9.80 Å². The lowest BCUT2D eigenvalue weighted by Gasteiger charge is -2.62. The number of carbonyl (C=O) groups excluding carboxylic acids is 1. The van der Waals surface area contributed by atoms with Crippen LogP contribution in [-0.2, 0) is 0 Å². The van der Waals surface area contributed by atoms with Gasteiger partial charge in [-0.25, -0.2) is 4.79 Å². The second-order valence-electron chi connectivity index (χ2n) is 7.12. The Balaban J connectivity index is 1.27. The number of aliphatic hydroxyl groups excluding tert-OH is 2. The fourth-order valence-electron chi connectivity index (χ4n) is 4.39. The Labute approximate surface area is 106 Å². The number of amides is 2. The molecule has 0 unspecified atom stereocenters. The van der Waals surface area contributed by atoms with Gasteiger partial charge in [-0.3, -0.25) is 0 Å². The molecule has 2 amide bonds. The van der Waals surface area contributed by atoms with Crippen molar-refractivity contribution in [2.24, 2.45) is 10.8 Å². The van der Waals surface area contributed by atoms with Gasteiger partial charge in [0.1, 0.15) is 0 Å². The molecule has 0 aromatic carbocycles. The van der Waals surface area contributed by atoms with E-state index in [0.717, 1.165) is 51.9 Å². The molecule has 2 heterocycles. The fraction of sp³-hybridized carbons (Fsp3) is 0.923. The summed E-state index contributed by atoms with van der Waals surface area (Å²) in [6.07, 6.45) is 3.21. The summed E-state index contributed by atoms with van der Waals surface area (Å²) >= 11 is 0. The summed E-state index contributed by atoms with van der Waals surface area (Å²) in [7, 11) is 0. The van der Waals surface area contributed by atoms with Gasteiger partial charge in [0.2, 0.25) is 0 Å². The van der Waals surface area contributed by atoms with Crippen LogP contribution in [0.1, 0.15) is 25.7 Å². The van der Waals surface area contributed by atoms with Crippen LogP contribution in [0.5, 0.6) is 0 Å². The zero-order valence-electron chi connectivity index (χ0n) is 10.5. The quantitative estimate of drug-likeness (QED) is 0.639. The van der Waals surface area contributed by atoms with E-state index >= 15 is 0 Å². The van der Waals surface area contributed by atoms with E-state index in [4.69, 9.17) is 0 Å². The minimum absolute atomic E-state index is 0.133. The van der Waals surface area contributed by atoms with Gasteiger partial charge in [-0.15, -0.1) is 0 Å². The van der Waals surface area contributed by atoms with Crippen molar-refractivity contribution in [3.63, 3.8) is 0 Å². The van der Waals surface area contributed by atoms with Crippen LogP contribution in [0.4, 0.5) is 4.79 Å². The Morgan fingerprint density at radius 1 is 0.833 bits per heavy atom. The molecule has 0 radical (unpaired) electrons. The smallest absolute Gasteiger partial charge is 0.320 e. The number of likely N-dealkylation sites (tertiary alicyclic amines) is 2. The van der Waals surface area contributed by atoms with Gasteiger partial charge in [0.05, 0.1) is 12.2 Å². The summed E-state index contributed by atoms with van der Waals surface area (Å²) in [5.41, 5.74) is 0.509. The van der Waals surface area contributed by atoms with Gasteiger partial charge in [0, 0.05) is 37.0 Å². The molecule has 100 valence electrons. The second-order valence-corrected chi connectivity index (χ2v) is 7.12. The van der Waals surface area contributed by atoms with Crippen LogP contribution in [0.3, 0.4) is 0 Å². The maximum absolute atomic E-state index is 12.2. The normalized spacial score (nSPS) is 32.8. The highest BCUT2D eigenvalue weighted by Crippen LogP contribution is 2.51. The highest BCUT2D eigenvalue weighted by atomic mass is 16.3.